The highest BCUT2D eigenvalue weighted by Crippen LogP contribution is 2.40. The number of ether oxygens (including phenoxy) is 1. The molecule has 28 heavy (non-hydrogen) atoms. The number of aryl methyl sites for hydroxylation is 1. The second-order valence-electron chi connectivity index (χ2n) is 7.52. The molecule has 0 bridgehead atoms. The predicted molar refractivity (Wildman–Crippen MR) is 102 cm³/mol. The van der Waals surface area contributed by atoms with Gasteiger partial charge in [0.25, 0.3) is 0 Å². The van der Waals surface area contributed by atoms with Gasteiger partial charge in [0.15, 0.2) is 5.58 Å². The SMILES string of the molecule is Cc1ncc2c(n1)C1(CCN(C(=O)Cc3nc4ccccc4o3)CC1)OCC2. The summed E-state index contributed by atoms with van der Waals surface area (Å²) in [6, 6.07) is 7.56. The molecule has 3 aromatic rings. The second kappa shape index (κ2) is 6.67. The third-order valence-corrected chi connectivity index (χ3v) is 5.73. The molecule has 0 radical (unpaired) electrons. The lowest BCUT2D eigenvalue weighted by atomic mass is 9.83. The standard InChI is InChI=1S/C21H22N4O3/c1-14-22-13-15-6-11-27-21(20(15)23-14)7-9-25(10-8-21)19(26)12-18-24-16-4-2-3-5-17(16)28-18/h2-5,13H,6-12H2,1H3. The van der Waals surface area contributed by atoms with Gasteiger partial charge in [-0.15, -0.1) is 0 Å². The summed E-state index contributed by atoms with van der Waals surface area (Å²) in [6.07, 6.45) is 4.44. The number of para-hydroxylation sites is 2. The first-order valence-electron chi connectivity index (χ1n) is 9.72. The van der Waals surface area contributed by atoms with Gasteiger partial charge in [0.2, 0.25) is 11.8 Å². The third kappa shape index (κ3) is 2.96. The minimum absolute atomic E-state index is 0.0382. The summed E-state index contributed by atoms with van der Waals surface area (Å²) in [7, 11) is 0. The van der Waals surface area contributed by atoms with Crippen LogP contribution in [0.3, 0.4) is 0 Å². The van der Waals surface area contributed by atoms with Gasteiger partial charge in [-0.05, 0) is 43.9 Å². The van der Waals surface area contributed by atoms with Crippen molar-refractivity contribution in [3.8, 4) is 0 Å². The Morgan fingerprint density at radius 3 is 2.86 bits per heavy atom. The van der Waals surface area contributed by atoms with E-state index in [2.05, 4.69) is 15.0 Å². The number of aromatic nitrogens is 3. The maximum Gasteiger partial charge on any atom is 0.231 e. The molecule has 4 heterocycles. The smallest absolute Gasteiger partial charge is 0.231 e. The number of carbonyl (C=O) groups excluding carboxylic acids is 1. The lowest BCUT2D eigenvalue weighted by molar-refractivity contribution is -0.140. The predicted octanol–water partition coefficient (Wildman–Crippen LogP) is 2.56. The molecular weight excluding hydrogens is 356 g/mol. The van der Waals surface area contributed by atoms with Crippen LogP contribution in [0.5, 0.6) is 0 Å². The van der Waals surface area contributed by atoms with Crippen molar-refractivity contribution in [2.24, 2.45) is 0 Å². The number of nitrogens with zero attached hydrogens (tertiary/aromatic N) is 4. The van der Waals surface area contributed by atoms with E-state index in [9.17, 15) is 4.79 Å². The summed E-state index contributed by atoms with van der Waals surface area (Å²) < 4.78 is 11.9. The summed E-state index contributed by atoms with van der Waals surface area (Å²) in [4.78, 5) is 28.1. The van der Waals surface area contributed by atoms with Crippen molar-refractivity contribution in [2.45, 2.75) is 38.2 Å². The highest BCUT2D eigenvalue weighted by Gasteiger charge is 2.43. The molecule has 2 aliphatic heterocycles. The fraction of sp³-hybridized carbons (Fsp3) is 0.429. The van der Waals surface area contributed by atoms with Gasteiger partial charge in [0, 0.05) is 19.3 Å². The Bertz CT molecular complexity index is 1000. The zero-order chi connectivity index (χ0) is 19.1. The molecule has 1 amide bonds. The van der Waals surface area contributed by atoms with Crippen LogP contribution in [0.1, 0.15) is 35.8 Å². The van der Waals surface area contributed by atoms with Crippen molar-refractivity contribution < 1.29 is 13.9 Å². The molecule has 0 aliphatic carbocycles. The molecule has 0 atom stereocenters. The highest BCUT2D eigenvalue weighted by molar-refractivity contribution is 5.79. The molecular formula is C21H22N4O3. The molecule has 2 aromatic heterocycles. The zero-order valence-electron chi connectivity index (χ0n) is 15.9. The maximum atomic E-state index is 12.8. The van der Waals surface area contributed by atoms with Crippen molar-refractivity contribution in [2.75, 3.05) is 19.7 Å². The van der Waals surface area contributed by atoms with Gasteiger partial charge in [-0.25, -0.2) is 15.0 Å². The number of fused-ring (bicyclic) bond motifs is 3. The molecule has 5 rings (SSSR count). The van der Waals surface area contributed by atoms with Crippen LogP contribution in [0.2, 0.25) is 0 Å². The molecule has 144 valence electrons. The van der Waals surface area contributed by atoms with Crippen LogP contribution >= 0.6 is 0 Å². The average Bonchev–Trinajstić information content (AvgIpc) is 3.11. The quantitative estimate of drug-likeness (QED) is 0.682. The first-order chi connectivity index (χ1) is 13.6. The van der Waals surface area contributed by atoms with Crippen molar-refractivity contribution in [3.63, 3.8) is 0 Å². The summed E-state index contributed by atoms with van der Waals surface area (Å²) in [5.41, 5.74) is 3.28. The number of hydrogen-bond acceptors (Lipinski definition) is 6. The van der Waals surface area contributed by atoms with Gasteiger partial charge in [0.1, 0.15) is 23.4 Å². The van der Waals surface area contributed by atoms with Gasteiger partial charge < -0.3 is 14.1 Å². The number of oxazole rings is 1. The Hall–Kier alpha value is -2.80. The van der Waals surface area contributed by atoms with Crippen molar-refractivity contribution in [1.82, 2.24) is 19.9 Å². The monoisotopic (exact) mass is 378 g/mol. The number of benzene rings is 1. The second-order valence-corrected chi connectivity index (χ2v) is 7.52. The molecule has 1 spiro atoms. The molecule has 1 fully saturated rings. The lowest BCUT2D eigenvalue weighted by Gasteiger charge is -2.44. The summed E-state index contributed by atoms with van der Waals surface area (Å²) in [5.74, 6) is 1.27. The van der Waals surface area contributed by atoms with Crippen molar-refractivity contribution in [1.29, 1.82) is 0 Å². The van der Waals surface area contributed by atoms with Crippen molar-refractivity contribution >= 4 is 17.0 Å². The van der Waals surface area contributed by atoms with Crippen LogP contribution in [0, 0.1) is 6.92 Å². The number of carbonyl (C=O) groups is 1. The third-order valence-electron chi connectivity index (χ3n) is 5.73. The number of hydrogen-bond donors (Lipinski definition) is 0. The van der Waals surface area contributed by atoms with Gasteiger partial charge in [0.05, 0.1) is 12.3 Å². The summed E-state index contributed by atoms with van der Waals surface area (Å²) >= 11 is 0. The maximum absolute atomic E-state index is 12.8. The minimum atomic E-state index is -0.393. The van der Waals surface area contributed by atoms with E-state index in [1.54, 1.807) is 0 Å². The Balaban J connectivity index is 1.30. The van der Waals surface area contributed by atoms with Crippen LogP contribution < -0.4 is 0 Å². The average molecular weight is 378 g/mol. The number of amides is 1. The van der Waals surface area contributed by atoms with E-state index in [4.69, 9.17) is 9.15 Å². The number of likely N-dealkylation sites (tertiary alicyclic amines) is 1. The fourth-order valence-corrected chi connectivity index (χ4v) is 4.23. The van der Waals surface area contributed by atoms with E-state index in [1.165, 1.54) is 5.56 Å². The van der Waals surface area contributed by atoms with Crippen LogP contribution in [0.4, 0.5) is 0 Å². The van der Waals surface area contributed by atoms with Gasteiger partial charge in [-0.1, -0.05) is 12.1 Å². The van der Waals surface area contributed by atoms with E-state index in [1.807, 2.05) is 42.3 Å². The van der Waals surface area contributed by atoms with E-state index < -0.39 is 5.60 Å². The highest BCUT2D eigenvalue weighted by atomic mass is 16.5. The normalized spacial score (nSPS) is 18.4. The van der Waals surface area contributed by atoms with E-state index >= 15 is 0 Å². The van der Waals surface area contributed by atoms with Crippen LogP contribution in [-0.4, -0.2) is 45.5 Å². The summed E-state index contributed by atoms with van der Waals surface area (Å²) in [5, 5.41) is 0. The Labute approximate surface area is 162 Å². The van der Waals surface area contributed by atoms with Gasteiger partial charge in [-0.3, -0.25) is 4.79 Å². The molecule has 0 unspecified atom stereocenters. The first kappa shape index (κ1) is 17.3. The Morgan fingerprint density at radius 1 is 1.21 bits per heavy atom. The molecule has 0 N–H and O–H groups in total. The van der Waals surface area contributed by atoms with Crippen LogP contribution in [0.25, 0.3) is 11.1 Å². The molecule has 2 aliphatic rings. The number of piperidine rings is 1. The van der Waals surface area contributed by atoms with Crippen LogP contribution in [0.15, 0.2) is 34.9 Å². The molecule has 1 aromatic carbocycles. The molecule has 1 saturated heterocycles. The fourth-order valence-electron chi connectivity index (χ4n) is 4.23. The largest absolute Gasteiger partial charge is 0.440 e. The minimum Gasteiger partial charge on any atom is -0.440 e. The lowest BCUT2D eigenvalue weighted by Crippen LogP contribution is -2.49. The number of rotatable bonds is 2. The van der Waals surface area contributed by atoms with E-state index in [0.717, 1.165) is 36.3 Å². The Kier molecular flexibility index (Phi) is 4.12. The van der Waals surface area contributed by atoms with E-state index in [-0.39, 0.29) is 12.3 Å². The van der Waals surface area contributed by atoms with Crippen molar-refractivity contribution in [3.05, 3.63) is 53.4 Å². The van der Waals surface area contributed by atoms with E-state index in [0.29, 0.717) is 31.2 Å². The van der Waals surface area contributed by atoms with Gasteiger partial charge >= 0.3 is 0 Å². The zero-order valence-corrected chi connectivity index (χ0v) is 15.9. The summed E-state index contributed by atoms with van der Waals surface area (Å²) in [6.45, 7) is 3.86. The first-order valence-corrected chi connectivity index (χ1v) is 9.72. The topological polar surface area (TPSA) is 81.4 Å². The molecule has 7 nitrogen and oxygen atoms in total. The Morgan fingerprint density at radius 2 is 2.04 bits per heavy atom. The molecule has 0 saturated carbocycles. The van der Waals surface area contributed by atoms with Crippen LogP contribution in [-0.2, 0) is 28.0 Å². The molecule has 7 heteroatoms. The van der Waals surface area contributed by atoms with Gasteiger partial charge in [-0.2, -0.15) is 0 Å².